The van der Waals surface area contributed by atoms with E-state index in [1.165, 1.54) is 12.4 Å². The van der Waals surface area contributed by atoms with E-state index < -0.39 is 0 Å². The minimum Gasteiger partial charge on any atom is -0.340 e. The second-order valence-corrected chi connectivity index (χ2v) is 6.47. The summed E-state index contributed by atoms with van der Waals surface area (Å²) < 4.78 is 1.78. The number of carbonyl (C=O) groups is 1. The second-order valence-electron chi connectivity index (χ2n) is 6.47. The molecule has 0 aliphatic carbocycles. The molecule has 0 bridgehead atoms. The van der Waals surface area contributed by atoms with E-state index in [9.17, 15) is 9.59 Å². The van der Waals surface area contributed by atoms with Crippen molar-refractivity contribution in [2.45, 2.75) is 46.1 Å². The average molecular weight is 329 g/mol. The van der Waals surface area contributed by atoms with Gasteiger partial charge >= 0.3 is 0 Å². The van der Waals surface area contributed by atoms with Gasteiger partial charge in [-0.2, -0.15) is 5.10 Å². The lowest BCUT2D eigenvalue weighted by molar-refractivity contribution is -0.133. The number of piperidine rings is 1. The van der Waals surface area contributed by atoms with Crippen LogP contribution in [0.1, 0.15) is 41.4 Å². The number of aromatic amines is 1. The van der Waals surface area contributed by atoms with Gasteiger partial charge in [0.2, 0.25) is 5.91 Å². The Balaban J connectivity index is 1.71. The fourth-order valence-corrected chi connectivity index (χ4v) is 3.22. The lowest BCUT2D eigenvalue weighted by atomic mass is 9.94. The number of hydrogen-bond donors (Lipinski definition) is 1. The monoisotopic (exact) mass is 329 g/mol. The van der Waals surface area contributed by atoms with Gasteiger partial charge < -0.3 is 9.88 Å². The van der Waals surface area contributed by atoms with E-state index in [1.54, 1.807) is 4.68 Å². The Kier molecular flexibility index (Phi) is 4.51. The van der Waals surface area contributed by atoms with Crippen LogP contribution in [0.4, 0.5) is 0 Å². The van der Waals surface area contributed by atoms with Crippen molar-refractivity contribution in [1.82, 2.24) is 24.6 Å². The van der Waals surface area contributed by atoms with Crippen LogP contribution in [-0.4, -0.2) is 43.6 Å². The fourth-order valence-electron chi connectivity index (χ4n) is 3.22. The molecule has 3 rings (SSSR count). The minimum absolute atomic E-state index is 0.0649. The number of nitrogens with one attached hydrogen (secondary N) is 1. The van der Waals surface area contributed by atoms with Crippen molar-refractivity contribution in [3.05, 3.63) is 45.4 Å². The third-order valence-corrected chi connectivity index (χ3v) is 4.92. The Hall–Kier alpha value is -2.44. The highest BCUT2D eigenvalue weighted by atomic mass is 16.2. The Labute approximate surface area is 140 Å². The minimum atomic E-state index is -0.151. The summed E-state index contributed by atoms with van der Waals surface area (Å²) in [5, 5.41) is 4.44. The molecule has 1 atom stereocenters. The van der Waals surface area contributed by atoms with Crippen molar-refractivity contribution in [3.8, 4) is 0 Å². The summed E-state index contributed by atoms with van der Waals surface area (Å²) in [6.45, 7) is 7.58. The standard InChI is InChI=1S/C17H23N5O2/c1-11-12(2)20-22(13(11)3)9-17(24)21-6-4-5-14(8-21)15-7-16(23)19-10-18-15/h7,10,14H,4-6,8-9H2,1-3H3,(H,18,19,23)/t14-/m1/s1. The van der Waals surface area contributed by atoms with Crippen molar-refractivity contribution in [2.75, 3.05) is 13.1 Å². The maximum Gasteiger partial charge on any atom is 0.250 e. The normalized spacial score (nSPS) is 18.0. The molecule has 2 aromatic heterocycles. The van der Waals surface area contributed by atoms with Gasteiger partial charge in [-0.15, -0.1) is 0 Å². The molecule has 1 saturated heterocycles. The number of aryl methyl sites for hydroxylation is 1. The topological polar surface area (TPSA) is 83.9 Å². The predicted molar refractivity (Wildman–Crippen MR) is 89.9 cm³/mol. The van der Waals surface area contributed by atoms with Crippen molar-refractivity contribution in [3.63, 3.8) is 0 Å². The molecule has 2 aromatic rings. The molecular formula is C17H23N5O2. The molecule has 1 N–H and O–H groups in total. The van der Waals surface area contributed by atoms with Crippen LogP contribution in [0.15, 0.2) is 17.2 Å². The molecule has 0 spiro atoms. The van der Waals surface area contributed by atoms with Crippen molar-refractivity contribution in [2.24, 2.45) is 0 Å². The van der Waals surface area contributed by atoms with E-state index in [0.717, 1.165) is 42.0 Å². The third-order valence-electron chi connectivity index (χ3n) is 4.92. The van der Waals surface area contributed by atoms with Crippen LogP contribution < -0.4 is 5.56 Å². The molecule has 7 nitrogen and oxygen atoms in total. The zero-order valence-electron chi connectivity index (χ0n) is 14.4. The van der Waals surface area contributed by atoms with E-state index in [-0.39, 0.29) is 23.9 Å². The first-order valence-electron chi connectivity index (χ1n) is 8.28. The van der Waals surface area contributed by atoms with Gasteiger partial charge in [-0.1, -0.05) is 0 Å². The Morgan fingerprint density at radius 1 is 1.38 bits per heavy atom. The van der Waals surface area contributed by atoms with Gasteiger partial charge in [0.15, 0.2) is 0 Å². The molecule has 1 aliphatic heterocycles. The van der Waals surface area contributed by atoms with E-state index in [4.69, 9.17) is 0 Å². The number of aromatic nitrogens is 4. The molecule has 0 aromatic carbocycles. The van der Waals surface area contributed by atoms with Crippen LogP contribution in [0.2, 0.25) is 0 Å². The number of H-pyrrole nitrogens is 1. The largest absolute Gasteiger partial charge is 0.340 e. The molecular weight excluding hydrogens is 306 g/mol. The summed E-state index contributed by atoms with van der Waals surface area (Å²) in [6, 6.07) is 1.53. The van der Waals surface area contributed by atoms with E-state index in [0.29, 0.717) is 6.54 Å². The highest BCUT2D eigenvalue weighted by Crippen LogP contribution is 2.25. The lowest BCUT2D eigenvalue weighted by Gasteiger charge is -2.32. The predicted octanol–water partition coefficient (Wildman–Crippen LogP) is 1.30. The Morgan fingerprint density at radius 3 is 2.83 bits per heavy atom. The number of carbonyl (C=O) groups excluding carboxylic acids is 1. The van der Waals surface area contributed by atoms with Crippen molar-refractivity contribution < 1.29 is 4.79 Å². The first-order valence-corrected chi connectivity index (χ1v) is 8.28. The Bertz CT molecular complexity index is 808. The molecule has 128 valence electrons. The van der Waals surface area contributed by atoms with Crippen molar-refractivity contribution in [1.29, 1.82) is 0 Å². The highest BCUT2D eigenvalue weighted by molar-refractivity contribution is 5.76. The maximum atomic E-state index is 12.7. The van der Waals surface area contributed by atoms with Gasteiger partial charge in [-0.05, 0) is 39.2 Å². The van der Waals surface area contributed by atoms with Crippen LogP contribution in [0.5, 0.6) is 0 Å². The zero-order valence-corrected chi connectivity index (χ0v) is 14.4. The van der Waals surface area contributed by atoms with Gasteiger partial charge in [-0.3, -0.25) is 14.3 Å². The fraction of sp³-hybridized carbons (Fsp3) is 0.529. The summed E-state index contributed by atoms with van der Waals surface area (Å²) in [5.41, 5.74) is 3.74. The van der Waals surface area contributed by atoms with Crippen LogP contribution in [0.3, 0.4) is 0 Å². The summed E-state index contributed by atoms with van der Waals surface area (Å²) >= 11 is 0. The molecule has 7 heteroatoms. The first kappa shape index (κ1) is 16.4. The summed E-state index contributed by atoms with van der Waals surface area (Å²) in [7, 11) is 0. The van der Waals surface area contributed by atoms with E-state index in [1.807, 2.05) is 25.7 Å². The van der Waals surface area contributed by atoms with Gasteiger partial charge in [0, 0.05) is 30.8 Å². The molecule has 1 fully saturated rings. The van der Waals surface area contributed by atoms with E-state index in [2.05, 4.69) is 15.1 Å². The first-order chi connectivity index (χ1) is 11.5. The molecule has 0 radical (unpaired) electrons. The zero-order chi connectivity index (χ0) is 17.3. The summed E-state index contributed by atoms with van der Waals surface area (Å²) in [5.74, 6) is 0.183. The maximum absolute atomic E-state index is 12.7. The number of likely N-dealkylation sites (tertiary alicyclic amines) is 1. The average Bonchev–Trinajstić information content (AvgIpc) is 2.82. The number of nitrogens with zero attached hydrogens (tertiary/aromatic N) is 4. The molecule has 3 heterocycles. The Morgan fingerprint density at radius 2 is 2.17 bits per heavy atom. The number of amides is 1. The van der Waals surface area contributed by atoms with E-state index >= 15 is 0 Å². The quantitative estimate of drug-likeness (QED) is 0.920. The van der Waals surface area contributed by atoms with Gasteiger partial charge in [0.1, 0.15) is 6.54 Å². The summed E-state index contributed by atoms with van der Waals surface area (Å²) in [6.07, 6.45) is 3.29. The highest BCUT2D eigenvalue weighted by Gasteiger charge is 2.26. The number of rotatable bonds is 3. The van der Waals surface area contributed by atoms with Gasteiger partial charge in [-0.25, -0.2) is 4.98 Å². The van der Waals surface area contributed by atoms with Crippen LogP contribution >= 0.6 is 0 Å². The summed E-state index contributed by atoms with van der Waals surface area (Å²) in [4.78, 5) is 32.8. The van der Waals surface area contributed by atoms with Gasteiger partial charge in [0.25, 0.3) is 5.56 Å². The molecule has 1 amide bonds. The molecule has 1 aliphatic rings. The lowest BCUT2D eigenvalue weighted by Crippen LogP contribution is -2.41. The van der Waals surface area contributed by atoms with Crippen LogP contribution in [-0.2, 0) is 11.3 Å². The second kappa shape index (κ2) is 6.59. The smallest absolute Gasteiger partial charge is 0.250 e. The number of hydrogen-bond acceptors (Lipinski definition) is 4. The molecule has 0 unspecified atom stereocenters. The molecule has 24 heavy (non-hydrogen) atoms. The SMILES string of the molecule is Cc1nn(CC(=O)N2CCC[C@@H](c3cc(=O)[nH]cn3)C2)c(C)c1C. The van der Waals surface area contributed by atoms with Crippen LogP contribution in [0.25, 0.3) is 0 Å². The van der Waals surface area contributed by atoms with Crippen molar-refractivity contribution >= 4 is 5.91 Å². The van der Waals surface area contributed by atoms with Crippen LogP contribution in [0, 0.1) is 20.8 Å². The molecule has 0 saturated carbocycles. The third kappa shape index (κ3) is 3.25. The van der Waals surface area contributed by atoms with Gasteiger partial charge in [0.05, 0.1) is 17.7 Å².